The predicted molar refractivity (Wildman–Crippen MR) is 86.2 cm³/mol. The zero-order valence-corrected chi connectivity index (χ0v) is 13.5. The summed E-state index contributed by atoms with van der Waals surface area (Å²) < 4.78 is 38.3. The van der Waals surface area contributed by atoms with E-state index < -0.39 is 11.7 Å². The van der Waals surface area contributed by atoms with Gasteiger partial charge >= 0.3 is 6.18 Å². The third kappa shape index (κ3) is 3.42. The Labute approximate surface area is 142 Å². The van der Waals surface area contributed by atoms with Gasteiger partial charge in [-0.15, -0.1) is 0 Å². The van der Waals surface area contributed by atoms with Gasteiger partial charge in [0, 0.05) is 25.2 Å². The van der Waals surface area contributed by atoms with E-state index in [2.05, 4.69) is 9.97 Å². The molecular formula is C17H17F3N4O. The Kier molecular flexibility index (Phi) is 4.36. The number of aromatic nitrogens is 2. The van der Waals surface area contributed by atoms with E-state index >= 15 is 0 Å². The standard InChI is InChI=1S/C17H17F3N4O/c1-10(25)24-8-2-3-14(24)15-13(9-22-16(21)23-15)11-4-6-12(7-5-11)17(18,19)20/h4-7,9,14H,2-3,8H2,1H3,(H2,21,22,23)/t14-/m0/s1. The summed E-state index contributed by atoms with van der Waals surface area (Å²) in [5.74, 6) is -0.000818. The molecule has 0 saturated carbocycles. The molecule has 0 spiro atoms. The molecule has 1 atom stereocenters. The fraction of sp³-hybridized carbons (Fsp3) is 0.353. The first-order valence-electron chi connectivity index (χ1n) is 7.84. The van der Waals surface area contributed by atoms with Crippen LogP contribution in [0.15, 0.2) is 30.5 Å². The number of likely N-dealkylation sites (tertiary alicyclic amines) is 1. The third-order valence-electron chi connectivity index (χ3n) is 4.33. The largest absolute Gasteiger partial charge is 0.416 e. The van der Waals surface area contributed by atoms with Crippen LogP contribution in [-0.2, 0) is 11.0 Å². The van der Waals surface area contributed by atoms with Gasteiger partial charge in [0.15, 0.2) is 0 Å². The summed E-state index contributed by atoms with van der Waals surface area (Å²) in [7, 11) is 0. The van der Waals surface area contributed by atoms with Gasteiger partial charge in [0.1, 0.15) is 0 Å². The SMILES string of the molecule is CC(=O)N1CCC[C@H]1c1nc(N)ncc1-c1ccc(C(F)(F)F)cc1. The van der Waals surface area contributed by atoms with Crippen LogP contribution in [0.5, 0.6) is 0 Å². The van der Waals surface area contributed by atoms with E-state index in [0.717, 1.165) is 25.0 Å². The average Bonchev–Trinajstić information content (AvgIpc) is 3.04. The Balaban J connectivity index is 2.04. The summed E-state index contributed by atoms with van der Waals surface area (Å²) in [5, 5.41) is 0. The van der Waals surface area contributed by atoms with Gasteiger partial charge in [0.05, 0.1) is 17.3 Å². The maximum absolute atomic E-state index is 12.8. The zero-order valence-electron chi connectivity index (χ0n) is 13.5. The highest BCUT2D eigenvalue weighted by atomic mass is 19.4. The molecule has 1 amide bonds. The molecule has 25 heavy (non-hydrogen) atoms. The molecule has 0 radical (unpaired) electrons. The smallest absolute Gasteiger partial charge is 0.368 e. The Morgan fingerprint density at radius 3 is 2.56 bits per heavy atom. The average molecular weight is 350 g/mol. The van der Waals surface area contributed by atoms with E-state index in [1.807, 2.05) is 0 Å². The number of amides is 1. The molecule has 0 unspecified atom stereocenters. The molecule has 2 aromatic rings. The molecule has 1 aromatic carbocycles. The number of carbonyl (C=O) groups excluding carboxylic acids is 1. The molecule has 2 N–H and O–H groups in total. The number of nitrogen functional groups attached to an aromatic ring is 1. The van der Waals surface area contributed by atoms with Gasteiger partial charge in [0.25, 0.3) is 0 Å². The number of anilines is 1. The van der Waals surface area contributed by atoms with E-state index in [1.54, 1.807) is 4.90 Å². The van der Waals surface area contributed by atoms with E-state index in [1.165, 1.54) is 25.3 Å². The summed E-state index contributed by atoms with van der Waals surface area (Å²) >= 11 is 0. The Morgan fingerprint density at radius 2 is 1.96 bits per heavy atom. The van der Waals surface area contributed by atoms with Crippen LogP contribution >= 0.6 is 0 Å². The Hall–Kier alpha value is -2.64. The van der Waals surface area contributed by atoms with Gasteiger partial charge in [-0.1, -0.05) is 12.1 Å². The van der Waals surface area contributed by atoms with Gasteiger partial charge in [0.2, 0.25) is 11.9 Å². The van der Waals surface area contributed by atoms with Crippen molar-refractivity contribution in [2.45, 2.75) is 32.0 Å². The number of halogens is 3. The van der Waals surface area contributed by atoms with Crippen molar-refractivity contribution in [1.29, 1.82) is 0 Å². The van der Waals surface area contributed by atoms with Crippen molar-refractivity contribution >= 4 is 11.9 Å². The maximum Gasteiger partial charge on any atom is 0.416 e. The van der Waals surface area contributed by atoms with Crippen LogP contribution < -0.4 is 5.73 Å². The predicted octanol–water partition coefficient (Wildman–Crippen LogP) is 3.43. The number of hydrogen-bond acceptors (Lipinski definition) is 4. The summed E-state index contributed by atoms with van der Waals surface area (Å²) in [6.45, 7) is 2.11. The molecule has 1 aliphatic rings. The quantitative estimate of drug-likeness (QED) is 0.901. The minimum atomic E-state index is -4.39. The van der Waals surface area contributed by atoms with E-state index in [9.17, 15) is 18.0 Å². The number of nitrogens with zero attached hydrogens (tertiary/aromatic N) is 3. The second kappa shape index (κ2) is 6.34. The highest BCUT2D eigenvalue weighted by Crippen LogP contribution is 2.37. The van der Waals surface area contributed by atoms with Gasteiger partial charge in [-0.3, -0.25) is 4.79 Å². The topological polar surface area (TPSA) is 72.1 Å². The minimum absolute atomic E-state index is 0.0704. The van der Waals surface area contributed by atoms with Crippen molar-refractivity contribution < 1.29 is 18.0 Å². The van der Waals surface area contributed by atoms with Crippen molar-refractivity contribution in [2.75, 3.05) is 12.3 Å². The first-order valence-corrected chi connectivity index (χ1v) is 7.84. The lowest BCUT2D eigenvalue weighted by Gasteiger charge is -2.24. The fourth-order valence-electron chi connectivity index (χ4n) is 3.15. The van der Waals surface area contributed by atoms with Crippen LogP contribution in [0.3, 0.4) is 0 Å². The molecule has 0 bridgehead atoms. The van der Waals surface area contributed by atoms with Crippen LogP contribution in [0.2, 0.25) is 0 Å². The molecule has 1 aromatic heterocycles. The zero-order chi connectivity index (χ0) is 18.2. The van der Waals surface area contributed by atoms with E-state index in [-0.39, 0.29) is 17.9 Å². The summed E-state index contributed by atoms with van der Waals surface area (Å²) in [5.41, 5.74) is 6.69. The van der Waals surface area contributed by atoms with Crippen LogP contribution in [0.25, 0.3) is 11.1 Å². The second-order valence-electron chi connectivity index (χ2n) is 5.97. The van der Waals surface area contributed by atoms with Gasteiger partial charge < -0.3 is 10.6 Å². The van der Waals surface area contributed by atoms with Gasteiger partial charge in [-0.2, -0.15) is 13.2 Å². The lowest BCUT2D eigenvalue weighted by molar-refractivity contribution is -0.137. The molecule has 2 heterocycles. The molecule has 8 heteroatoms. The Bertz CT molecular complexity index is 789. The molecule has 5 nitrogen and oxygen atoms in total. The van der Waals surface area contributed by atoms with Gasteiger partial charge in [-0.05, 0) is 30.5 Å². The van der Waals surface area contributed by atoms with Crippen LogP contribution in [-0.4, -0.2) is 27.3 Å². The van der Waals surface area contributed by atoms with Crippen LogP contribution in [0.1, 0.15) is 37.1 Å². The fourth-order valence-corrected chi connectivity index (χ4v) is 3.15. The van der Waals surface area contributed by atoms with Crippen molar-refractivity contribution in [2.24, 2.45) is 0 Å². The molecule has 1 fully saturated rings. The highest BCUT2D eigenvalue weighted by molar-refractivity contribution is 5.75. The summed E-state index contributed by atoms with van der Waals surface area (Å²) in [4.78, 5) is 21.8. The molecule has 1 saturated heterocycles. The summed E-state index contributed by atoms with van der Waals surface area (Å²) in [6.07, 6.45) is -1.34. The highest BCUT2D eigenvalue weighted by Gasteiger charge is 2.32. The molecular weight excluding hydrogens is 333 g/mol. The van der Waals surface area contributed by atoms with Crippen molar-refractivity contribution in [3.8, 4) is 11.1 Å². The number of nitrogens with two attached hydrogens (primary N) is 1. The normalized spacial score (nSPS) is 17.8. The van der Waals surface area contributed by atoms with Crippen molar-refractivity contribution in [1.82, 2.24) is 14.9 Å². The van der Waals surface area contributed by atoms with Crippen LogP contribution in [0.4, 0.5) is 19.1 Å². The van der Waals surface area contributed by atoms with Crippen LogP contribution in [0, 0.1) is 0 Å². The van der Waals surface area contributed by atoms with Gasteiger partial charge in [-0.25, -0.2) is 9.97 Å². The number of alkyl halides is 3. The minimum Gasteiger partial charge on any atom is -0.368 e. The van der Waals surface area contributed by atoms with E-state index in [0.29, 0.717) is 23.4 Å². The number of benzene rings is 1. The monoisotopic (exact) mass is 350 g/mol. The number of rotatable bonds is 2. The lowest BCUT2D eigenvalue weighted by atomic mass is 9.99. The number of hydrogen-bond donors (Lipinski definition) is 1. The maximum atomic E-state index is 12.8. The van der Waals surface area contributed by atoms with E-state index in [4.69, 9.17) is 5.73 Å². The second-order valence-corrected chi connectivity index (χ2v) is 5.97. The summed E-state index contributed by atoms with van der Waals surface area (Å²) in [6, 6.07) is 4.56. The lowest BCUT2D eigenvalue weighted by Crippen LogP contribution is -2.29. The molecule has 3 rings (SSSR count). The Morgan fingerprint density at radius 1 is 1.28 bits per heavy atom. The number of carbonyl (C=O) groups is 1. The molecule has 0 aliphatic carbocycles. The van der Waals surface area contributed by atoms with Crippen molar-refractivity contribution in [3.63, 3.8) is 0 Å². The third-order valence-corrected chi connectivity index (χ3v) is 4.33. The molecule has 1 aliphatic heterocycles. The first-order chi connectivity index (χ1) is 11.8. The molecule has 132 valence electrons. The van der Waals surface area contributed by atoms with Crippen molar-refractivity contribution in [3.05, 3.63) is 41.7 Å². The first kappa shape index (κ1) is 17.2.